The Kier molecular flexibility index (Phi) is 4.82. The van der Waals surface area contributed by atoms with E-state index in [0.717, 1.165) is 0 Å². The molecule has 1 aromatic carbocycles. The van der Waals surface area contributed by atoms with Gasteiger partial charge in [-0.2, -0.15) is 0 Å². The maximum Gasteiger partial charge on any atom is 0.287 e. The van der Waals surface area contributed by atoms with Crippen molar-refractivity contribution in [3.63, 3.8) is 0 Å². The SMILES string of the molecule is O=C(NCC(c1ccccc1)S(=O)(=O)c1cccs1)c1ccco1. The lowest BCUT2D eigenvalue weighted by atomic mass is 10.1. The summed E-state index contributed by atoms with van der Waals surface area (Å²) in [6, 6.07) is 15.3. The summed E-state index contributed by atoms with van der Waals surface area (Å²) in [4.78, 5) is 12.1. The molecule has 1 atom stereocenters. The van der Waals surface area contributed by atoms with Gasteiger partial charge in [-0.3, -0.25) is 4.79 Å². The summed E-state index contributed by atoms with van der Waals surface area (Å²) in [6.45, 7) is -0.0379. The first-order valence-electron chi connectivity index (χ1n) is 7.23. The highest BCUT2D eigenvalue weighted by Gasteiger charge is 2.30. The highest BCUT2D eigenvalue weighted by molar-refractivity contribution is 7.93. The number of thiophene rings is 1. The number of carbonyl (C=O) groups is 1. The second kappa shape index (κ2) is 7.02. The average molecular weight is 361 g/mol. The molecule has 0 spiro atoms. The van der Waals surface area contributed by atoms with E-state index in [0.29, 0.717) is 5.56 Å². The van der Waals surface area contributed by atoms with Crippen molar-refractivity contribution in [1.29, 1.82) is 0 Å². The van der Waals surface area contributed by atoms with Crippen LogP contribution in [0.5, 0.6) is 0 Å². The zero-order valence-electron chi connectivity index (χ0n) is 12.6. The molecule has 0 aliphatic rings. The molecule has 0 fully saturated rings. The molecule has 124 valence electrons. The number of amides is 1. The number of hydrogen-bond acceptors (Lipinski definition) is 5. The number of benzene rings is 1. The minimum absolute atomic E-state index is 0.0379. The van der Waals surface area contributed by atoms with Gasteiger partial charge in [-0.25, -0.2) is 8.42 Å². The third-order valence-corrected chi connectivity index (χ3v) is 7.05. The highest BCUT2D eigenvalue weighted by Crippen LogP contribution is 2.31. The zero-order chi connectivity index (χ0) is 17.0. The lowest BCUT2D eigenvalue weighted by Gasteiger charge is -2.17. The molecule has 1 unspecified atom stereocenters. The van der Waals surface area contributed by atoms with Crippen molar-refractivity contribution in [3.8, 4) is 0 Å². The molecule has 1 N–H and O–H groups in total. The molecule has 0 saturated carbocycles. The van der Waals surface area contributed by atoms with Crippen molar-refractivity contribution in [1.82, 2.24) is 5.32 Å². The Labute approximate surface area is 143 Å². The van der Waals surface area contributed by atoms with Gasteiger partial charge in [0, 0.05) is 6.54 Å². The second-order valence-corrected chi connectivity index (χ2v) is 8.37. The molecule has 0 aliphatic heterocycles. The largest absolute Gasteiger partial charge is 0.459 e. The summed E-state index contributed by atoms with van der Waals surface area (Å²) in [5.74, 6) is -0.294. The average Bonchev–Trinajstić information content (AvgIpc) is 3.29. The minimum Gasteiger partial charge on any atom is -0.459 e. The van der Waals surface area contributed by atoms with Gasteiger partial charge in [0.05, 0.1) is 6.26 Å². The lowest BCUT2D eigenvalue weighted by Crippen LogP contribution is -2.31. The molecule has 0 bridgehead atoms. The molecule has 3 rings (SSSR count). The number of nitrogens with one attached hydrogen (secondary N) is 1. The molecule has 0 aliphatic carbocycles. The molecule has 2 heterocycles. The Morgan fingerprint density at radius 2 is 1.88 bits per heavy atom. The minimum atomic E-state index is -3.60. The van der Waals surface area contributed by atoms with E-state index < -0.39 is 21.0 Å². The van der Waals surface area contributed by atoms with Gasteiger partial charge >= 0.3 is 0 Å². The normalized spacial score (nSPS) is 12.7. The van der Waals surface area contributed by atoms with Crippen LogP contribution in [0.25, 0.3) is 0 Å². The van der Waals surface area contributed by atoms with E-state index in [1.807, 2.05) is 6.07 Å². The van der Waals surface area contributed by atoms with Crippen LogP contribution in [-0.2, 0) is 9.84 Å². The fourth-order valence-corrected chi connectivity index (χ4v) is 5.19. The number of hydrogen-bond donors (Lipinski definition) is 1. The van der Waals surface area contributed by atoms with Crippen LogP contribution in [0.2, 0.25) is 0 Å². The van der Waals surface area contributed by atoms with Crippen LogP contribution in [0, 0.1) is 0 Å². The predicted octanol–water partition coefficient (Wildman–Crippen LogP) is 3.29. The van der Waals surface area contributed by atoms with Crippen molar-refractivity contribution in [2.45, 2.75) is 9.46 Å². The number of furan rings is 1. The Balaban J connectivity index is 1.87. The summed E-state index contributed by atoms with van der Waals surface area (Å²) in [6.07, 6.45) is 1.39. The third-order valence-electron chi connectivity index (χ3n) is 3.51. The van der Waals surface area contributed by atoms with Crippen molar-refractivity contribution in [2.24, 2.45) is 0 Å². The van der Waals surface area contributed by atoms with E-state index in [1.54, 1.807) is 47.8 Å². The molecular weight excluding hydrogens is 346 g/mol. The van der Waals surface area contributed by atoms with E-state index >= 15 is 0 Å². The van der Waals surface area contributed by atoms with Gasteiger partial charge in [0.25, 0.3) is 5.91 Å². The fourth-order valence-electron chi connectivity index (χ4n) is 2.32. The molecular formula is C17H15NO4S2. The van der Waals surface area contributed by atoms with Crippen LogP contribution in [0.4, 0.5) is 0 Å². The lowest BCUT2D eigenvalue weighted by molar-refractivity contribution is 0.0926. The smallest absolute Gasteiger partial charge is 0.287 e. The van der Waals surface area contributed by atoms with E-state index in [1.165, 1.54) is 23.7 Å². The van der Waals surface area contributed by atoms with E-state index in [2.05, 4.69) is 5.32 Å². The van der Waals surface area contributed by atoms with E-state index in [9.17, 15) is 13.2 Å². The van der Waals surface area contributed by atoms with Crippen LogP contribution in [0.3, 0.4) is 0 Å². The van der Waals surface area contributed by atoms with Gasteiger partial charge in [0.15, 0.2) is 15.6 Å². The van der Waals surface area contributed by atoms with Crippen molar-refractivity contribution < 1.29 is 17.6 Å². The summed E-state index contributed by atoms with van der Waals surface area (Å²) in [7, 11) is -3.60. The summed E-state index contributed by atoms with van der Waals surface area (Å²) >= 11 is 1.17. The van der Waals surface area contributed by atoms with Gasteiger partial charge in [0.2, 0.25) is 0 Å². The Hall–Kier alpha value is -2.38. The van der Waals surface area contributed by atoms with E-state index in [-0.39, 0.29) is 16.5 Å². The van der Waals surface area contributed by atoms with Crippen molar-refractivity contribution >= 4 is 27.1 Å². The number of rotatable bonds is 6. The Bertz CT molecular complexity index is 885. The molecule has 0 radical (unpaired) electrons. The van der Waals surface area contributed by atoms with Gasteiger partial charge in [0.1, 0.15) is 9.46 Å². The number of sulfone groups is 1. The second-order valence-electron chi connectivity index (χ2n) is 5.06. The summed E-state index contributed by atoms with van der Waals surface area (Å²) in [5.41, 5.74) is 0.630. The first-order valence-corrected chi connectivity index (χ1v) is 9.65. The molecule has 1 amide bonds. The topological polar surface area (TPSA) is 76.4 Å². The molecule has 24 heavy (non-hydrogen) atoms. The third kappa shape index (κ3) is 3.42. The zero-order valence-corrected chi connectivity index (χ0v) is 14.2. The van der Waals surface area contributed by atoms with Gasteiger partial charge in [-0.1, -0.05) is 36.4 Å². The molecule has 5 nitrogen and oxygen atoms in total. The highest BCUT2D eigenvalue weighted by atomic mass is 32.2. The maximum absolute atomic E-state index is 12.9. The van der Waals surface area contributed by atoms with Crippen LogP contribution >= 0.6 is 11.3 Å². The van der Waals surface area contributed by atoms with Crippen LogP contribution in [0.15, 0.2) is 74.9 Å². The van der Waals surface area contributed by atoms with E-state index in [4.69, 9.17) is 4.42 Å². The summed E-state index contributed by atoms with van der Waals surface area (Å²) < 4.78 is 31.2. The first kappa shape index (κ1) is 16.5. The van der Waals surface area contributed by atoms with Crippen LogP contribution in [0.1, 0.15) is 21.4 Å². The quantitative estimate of drug-likeness (QED) is 0.731. The van der Waals surface area contributed by atoms with Crippen LogP contribution < -0.4 is 5.32 Å². The van der Waals surface area contributed by atoms with Gasteiger partial charge in [-0.05, 0) is 29.1 Å². The Morgan fingerprint density at radius 3 is 2.50 bits per heavy atom. The Morgan fingerprint density at radius 1 is 1.08 bits per heavy atom. The van der Waals surface area contributed by atoms with Crippen molar-refractivity contribution in [2.75, 3.05) is 6.54 Å². The number of carbonyl (C=O) groups excluding carboxylic acids is 1. The monoisotopic (exact) mass is 361 g/mol. The fraction of sp³-hybridized carbons (Fsp3) is 0.118. The van der Waals surface area contributed by atoms with Gasteiger partial charge in [-0.15, -0.1) is 11.3 Å². The van der Waals surface area contributed by atoms with Gasteiger partial charge < -0.3 is 9.73 Å². The first-order chi connectivity index (χ1) is 11.6. The van der Waals surface area contributed by atoms with Crippen LogP contribution in [-0.4, -0.2) is 20.9 Å². The molecule has 2 aromatic heterocycles. The molecule has 3 aromatic rings. The standard InChI is InChI=1S/C17H15NO4S2/c19-17(14-8-4-10-22-14)18-12-15(13-6-2-1-3-7-13)24(20,21)16-9-5-11-23-16/h1-11,15H,12H2,(H,18,19). The maximum atomic E-state index is 12.9. The van der Waals surface area contributed by atoms with Crippen molar-refractivity contribution in [3.05, 3.63) is 77.6 Å². The summed E-state index contributed by atoms with van der Waals surface area (Å²) in [5, 5.41) is 3.50. The molecule has 0 saturated heterocycles. The predicted molar refractivity (Wildman–Crippen MR) is 91.7 cm³/mol. The molecule has 7 heteroatoms.